The van der Waals surface area contributed by atoms with Gasteiger partial charge in [-0.05, 0) is 61.6 Å². The number of rotatable bonds is 3. The molecule has 1 N–H and O–H groups in total. The SMILES string of the molecule is Cc1ccc(Cl)cc1NC(=O)C[C@H]1C[C@@H]2CC[C@@H]1C2. The fourth-order valence-corrected chi connectivity index (χ4v) is 3.97. The molecule has 2 nitrogen and oxygen atoms in total. The highest BCUT2D eigenvalue weighted by Gasteiger charge is 2.40. The second kappa shape index (κ2) is 5.16. The third-order valence-corrected chi connectivity index (χ3v) is 5.04. The van der Waals surface area contributed by atoms with E-state index < -0.39 is 0 Å². The number of hydrogen-bond acceptors (Lipinski definition) is 1. The third kappa shape index (κ3) is 2.79. The quantitative estimate of drug-likeness (QED) is 0.871. The van der Waals surface area contributed by atoms with Crippen LogP contribution in [0.3, 0.4) is 0 Å². The zero-order chi connectivity index (χ0) is 13.4. The first-order valence-corrected chi connectivity index (χ1v) is 7.55. The van der Waals surface area contributed by atoms with Gasteiger partial charge in [0.2, 0.25) is 5.91 Å². The summed E-state index contributed by atoms with van der Waals surface area (Å²) in [4.78, 5) is 12.2. The largest absolute Gasteiger partial charge is 0.326 e. The van der Waals surface area contributed by atoms with Gasteiger partial charge in [-0.25, -0.2) is 0 Å². The number of nitrogens with one attached hydrogen (secondary N) is 1. The molecule has 1 aromatic carbocycles. The fourth-order valence-electron chi connectivity index (χ4n) is 3.79. The van der Waals surface area contributed by atoms with Gasteiger partial charge in [-0.15, -0.1) is 0 Å². The molecule has 2 saturated carbocycles. The van der Waals surface area contributed by atoms with Crippen molar-refractivity contribution in [3.8, 4) is 0 Å². The van der Waals surface area contributed by atoms with Crippen molar-refractivity contribution in [2.75, 3.05) is 5.32 Å². The molecule has 3 atom stereocenters. The Labute approximate surface area is 119 Å². The van der Waals surface area contributed by atoms with E-state index in [0.29, 0.717) is 17.4 Å². The van der Waals surface area contributed by atoms with Crippen LogP contribution in [0.5, 0.6) is 0 Å². The van der Waals surface area contributed by atoms with Crippen LogP contribution in [-0.2, 0) is 4.79 Å². The van der Waals surface area contributed by atoms with Gasteiger partial charge in [-0.2, -0.15) is 0 Å². The molecule has 0 aliphatic heterocycles. The van der Waals surface area contributed by atoms with E-state index in [2.05, 4.69) is 5.32 Å². The summed E-state index contributed by atoms with van der Waals surface area (Å²) in [5.41, 5.74) is 1.91. The smallest absolute Gasteiger partial charge is 0.224 e. The molecule has 0 heterocycles. The molecule has 19 heavy (non-hydrogen) atoms. The van der Waals surface area contributed by atoms with Gasteiger partial charge in [0.05, 0.1) is 0 Å². The summed E-state index contributed by atoms with van der Waals surface area (Å²) >= 11 is 5.97. The number of amides is 1. The van der Waals surface area contributed by atoms with Crippen molar-refractivity contribution in [3.63, 3.8) is 0 Å². The van der Waals surface area contributed by atoms with Crippen molar-refractivity contribution in [2.24, 2.45) is 17.8 Å². The summed E-state index contributed by atoms with van der Waals surface area (Å²) in [5, 5.41) is 3.68. The van der Waals surface area contributed by atoms with Crippen LogP contribution in [0.4, 0.5) is 5.69 Å². The lowest BCUT2D eigenvalue weighted by atomic mass is 9.86. The molecule has 2 aliphatic carbocycles. The Morgan fingerprint density at radius 1 is 1.37 bits per heavy atom. The number of benzene rings is 1. The lowest BCUT2D eigenvalue weighted by molar-refractivity contribution is -0.117. The van der Waals surface area contributed by atoms with E-state index >= 15 is 0 Å². The average molecular weight is 278 g/mol. The van der Waals surface area contributed by atoms with E-state index in [1.165, 1.54) is 25.7 Å². The first-order valence-electron chi connectivity index (χ1n) is 7.18. The van der Waals surface area contributed by atoms with Gasteiger partial charge >= 0.3 is 0 Å². The van der Waals surface area contributed by atoms with Crippen LogP contribution < -0.4 is 5.32 Å². The Kier molecular flexibility index (Phi) is 3.53. The van der Waals surface area contributed by atoms with Gasteiger partial charge in [-0.3, -0.25) is 4.79 Å². The molecule has 1 aromatic rings. The molecule has 0 radical (unpaired) electrons. The van der Waals surface area contributed by atoms with E-state index in [-0.39, 0.29) is 5.91 Å². The first kappa shape index (κ1) is 13.0. The van der Waals surface area contributed by atoms with E-state index in [0.717, 1.165) is 23.1 Å². The van der Waals surface area contributed by atoms with Crippen LogP contribution >= 0.6 is 11.6 Å². The monoisotopic (exact) mass is 277 g/mol. The van der Waals surface area contributed by atoms with Gasteiger partial charge in [0, 0.05) is 17.1 Å². The number of halogens is 1. The van der Waals surface area contributed by atoms with E-state index in [1.54, 1.807) is 0 Å². The minimum atomic E-state index is 0.142. The highest BCUT2D eigenvalue weighted by Crippen LogP contribution is 2.49. The molecule has 0 unspecified atom stereocenters. The zero-order valence-electron chi connectivity index (χ0n) is 11.3. The summed E-state index contributed by atoms with van der Waals surface area (Å²) < 4.78 is 0. The molecule has 102 valence electrons. The van der Waals surface area contributed by atoms with Gasteiger partial charge in [0.15, 0.2) is 0 Å². The fraction of sp³-hybridized carbons (Fsp3) is 0.562. The molecule has 0 aromatic heterocycles. The van der Waals surface area contributed by atoms with E-state index in [1.807, 2.05) is 25.1 Å². The maximum absolute atomic E-state index is 12.2. The molecular weight excluding hydrogens is 258 g/mol. The molecule has 2 aliphatic rings. The van der Waals surface area contributed by atoms with Crippen LogP contribution in [0, 0.1) is 24.7 Å². The van der Waals surface area contributed by atoms with Crippen LogP contribution in [-0.4, -0.2) is 5.91 Å². The molecule has 0 saturated heterocycles. The maximum atomic E-state index is 12.2. The van der Waals surface area contributed by atoms with Crippen LogP contribution in [0.25, 0.3) is 0 Å². The predicted octanol–water partition coefficient (Wildman–Crippen LogP) is 4.41. The van der Waals surface area contributed by atoms with Crippen molar-refractivity contribution in [2.45, 2.75) is 39.0 Å². The molecule has 0 spiro atoms. The highest BCUT2D eigenvalue weighted by atomic mass is 35.5. The first-order chi connectivity index (χ1) is 9.11. The van der Waals surface area contributed by atoms with Crippen molar-refractivity contribution < 1.29 is 4.79 Å². The Morgan fingerprint density at radius 3 is 2.89 bits per heavy atom. The minimum Gasteiger partial charge on any atom is -0.326 e. The van der Waals surface area contributed by atoms with Crippen molar-refractivity contribution in [3.05, 3.63) is 28.8 Å². The Hall–Kier alpha value is -1.02. The normalized spacial score (nSPS) is 28.6. The second-order valence-corrected chi connectivity index (χ2v) is 6.58. The van der Waals surface area contributed by atoms with Gasteiger partial charge in [-0.1, -0.05) is 24.1 Å². The Morgan fingerprint density at radius 2 is 2.21 bits per heavy atom. The Bertz CT molecular complexity index is 500. The summed E-state index contributed by atoms with van der Waals surface area (Å²) in [7, 11) is 0. The standard InChI is InChI=1S/C16H20ClNO/c1-10-2-5-14(17)9-15(10)18-16(19)8-13-7-11-3-4-12(13)6-11/h2,5,9,11-13H,3-4,6-8H2,1H3,(H,18,19)/t11-,12-,13-/m1/s1. The lowest BCUT2D eigenvalue weighted by Gasteiger charge is -2.21. The number of anilines is 1. The van der Waals surface area contributed by atoms with E-state index in [4.69, 9.17) is 11.6 Å². The van der Waals surface area contributed by atoms with Gasteiger partial charge in [0.25, 0.3) is 0 Å². The second-order valence-electron chi connectivity index (χ2n) is 6.15. The molecule has 2 bridgehead atoms. The third-order valence-electron chi connectivity index (χ3n) is 4.81. The number of fused-ring (bicyclic) bond motifs is 2. The number of carbonyl (C=O) groups is 1. The molecule has 2 fully saturated rings. The summed E-state index contributed by atoms with van der Waals surface area (Å²) in [6.07, 6.45) is 6.00. The lowest BCUT2D eigenvalue weighted by Crippen LogP contribution is -2.20. The van der Waals surface area contributed by atoms with Crippen molar-refractivity contribution >= 4 is 23.2 Å². The summed E-state index contributed by atoms with van der Waals surface area (Å²) in [6, 6.07) is 5.62. The van der Waals surface area contributed by atoms with Crippen LogP contribution in [0.2, 0.25) is 5.02 Å². The molecule has 3 rings (SSSR count). The number of aryl methyl sites for hydroxylation is 1. The van der Waals surface area contributed by atoms with Crippen molar-refractivity contribution in [1.29, 1.82) is 0 Å². The predicted molar refractivity (Wildman–Crippen MR) is 78.4 cm³/mol. The van der Waals surface area contributed by atoms with Crippen LogP contribution in [0.15, 0.2) is 18.2 Å². The molecular formula is C16H20ClNO. The zero-order valence-corrected chi connectivity index (χ0v) is 12.0. The summed E-state index contributed by atoms with van der Waals surface area (Å²) in [6.45, 7) is 1.99. The average Bonchev–Trinajstić information content (AvgIpc) is 2.96. The van der Waals surface area contributed by atoms with Crippen molar-refractivity contribution in [1.82, 2.24) is 0 Å². The highest BCUT2D eigenvalue weighted by molar-refractivity contribution is 6.31. The molecule has 1 amide bonds. The molecule has 3 heteroatoms. The minimum absolute atomic E-state index is 0.142. The van der Waals surface area contributed by atoms with Gasteiger partial charge < -0.3 is 5.32 Å². The number of carbonyl (C=O) groups excluding carboxylic acids is 1. The van der Waals surface area contributed by atoms with Gasteiger partial charge in [0.1, 0.15) is 0 Å². The maximum Gasteiger partial charge on any atom is 0.224 e. The van der Waals surface area contributed by atoms with Crippen LogP contribution in [0.1, 0.15) is 37.7 Å². The summed E-state index contributed by atoms with van der Waals surface area (Å²) in [5.74, 6) is 2.45. The number of hydrogen-bond donors (Lipinski definition) is 1. The topological polar surface area (TPSA) is 29.1 Å². The Balaban J connectivity index is 1.61. The van der Waals surface area contributed by atoms with E-state index in [9.17, 15) is 4.79 Å².